The third-order valence-corrected chi connectivity index (χ3v) is 5.33. The van der Waals surface area contributed by atoms with Crippen LogP contribution in [0, 0.1) is 0 Å². The third-order valence-electron chi connectivity index (χ3n) is 5.33. The summed E-state index contributed by atoms with van der Waals surface area (Å²) in [4.78, 5) is 14.5. The van der Waals surface area contributed by atoms with E-state index in [1.165, 1.54) is 0 Å². The van der Waals surface area contributed by atoms with Gasteiger partial charge in [-0.15, -0.1) is 0 Å². The third kappa shape index (κ3) is 3.13. The zero-order valence-corrected chi connectivity index (χ0v) is 15.0. The minimum atomic E-state index is -0.342. The van der Waals surface area contributed by atoms with E-state index in [9.17, 15) is 4.79 Å². The highest BCUT2D eigenvalue weighted by Gasteiger charge is 2.26. The molecule has 0 spiro atoms. The molecule has 5 heteroatoms. The maximum Gasteiger partial charge on any atom is 0.336 e. The normalized spacial score (nSPS) is 19.8. The molecule has 0 amide bonds. The number of nitrogens with zero attached hydrogens (tertiary/aromatic N) is 1. The number of fused-ring (bicyclic) bond motifs is 3. The van der Waals surface area contributed by atoms with Crippen molar-refractivity contribution in [1.29, 1.82) is 0 Å². The van der Waals surface area contributed by atoms with Crippen LogP contribution in [0.15, 0.2) is 57.7 Å². The average Bonchev–Trinajstić information content (AvgIpc) is 3.21. The van der Waals surface area contributed by atoms with Gasteiger partial charge < -0.3 is 13.9 Å². The molecule has 0 aliphatic carbocycles. The summed E-state index contributed by atoms with van der Waals surface area (Å²) in [5.74, 6) is 0.791. The molecular formula is C22H21NO4. The Hall–Kier alpha value is -2.63. The second-order valence-electron chi connectivity index (χ2n) is 7.18. The lowest BCUT2D eigenvalue weighted by Crippen LogP contribution is -2.37. The molecule has 1 saturated heterocycles. The largest absolute Gasteiger partial charge is 0.478 e. The Morgan fingerprint density at radius 2 is 2.00 bits per heavy atom. The minimum Gasteiger partial charge on any atom is -0.478 e. The molecule has 2 aliphatic heterocycles. The van der Waals surface area contributed by atoms with E-state index in [0.29, 0.717) is 18.9 Å². The van der Waals surface area contributed by atoms with Crippen LogP contribution in [0.3, 0.4) is 0 Å². The van der Waals surface area contributed by atoms with Crippen LogP contribution in [0.1, 0.15) is 18.4 Å². The molecule has 0 bridgehead atoms. The number of ether oxygens (including phenoxy) is 2. The molecule has 3 heterocycles. The summed E-state index contributed by atoms with van der Waals surface area (Å²) in [7, 11) is 0. The van der Waals surface area contributed by atoms with Crippen LogP contribution in [0.2, 0.25) is 0 Å². The second-order valence-corrected chi connectivity index (χ2v) is 7.18. The molecule has 3 aromatic rings. The summed E-state index contributed by atoms with van der Waals surface area (Å²) in [5, 5.41) is 0.933. The van der Waals surface area contributed by atoms with E-state index in [-0.39, 0.29) is 11.7 Å². The van der Waals surface area contributed by atoms with Gasteiger partial charge in [-0.1, -0.05) is 30.3 Å². The van der Waals surface area contributed by atoms with Crippen molar-refractivity contribution in [2.24, 2.45) is 0 Å². The van der Waals surface area contributed by atoms with Crippen molar-refractivity contribution < 1.29 is 13.9 Å². The molecule has 5 rings (SSSR count). The van der Waals surface area contributed by atoms with E-state index >= 15 is 0 Å². The maximum absolute atomic E-state index is 12.3. The highest BCUT2D eigenvalue weighted by molar-refractivity contribution is 5.95. The van der Waals surface area contributed by atoms with Gasteiger partial charge in [-0.3, -0.25) is 4.90 Å². The van der Waals surface area contributed by atoms with Gasteiger partial charge in [0.05, 0.1) is 11.7 Å². The molecule has 27 heavy (non-hydrogen) atoms. The SMILES string of the molecule is O=c1cc(-c2ccccc2)c2ccc3c(c2o1)CN(CC1CCCO1)CO3. The van der Waals surface area contributed by atoms with Crippen LogP contribution < -0.4 is 10.4 Å². The van der Waals surface area contributed by atoms with E-state index in [0.717, 1.165) is 53.8 Å². The first-order valence-electron chi connectivity index (χ1n) is 9.40. The Morgan fingerprint density at radius 3 is 2.81 bits per heavy atom. The van der Waals surface area contributed by atoms with Crippen LogP contribution in [-0.2, 0) is 11.3 Å². The van der Waals surface area contributed by atoms with Crippen molar-refractivity contribution in [1.82, 2.24) is 4.90 Å². The van der Waals surface area contributed by atoms with Crippen LogP contribution in [-0.4, -0.2) is 30.9 Å². The zero-order chi connectivity index (χ0) is 18.2. The summed E-state index contributed by atoms with van der Waals surface area (Å²) in [6.07, 6.45) is 2.47. The number of hydrogen-bond donors (Lipinski definition) is 0. The first-order valence-corrected chi connectivity index (χ1v) is 9.40. The van der Waals surface area contributed by atoms with Gasteiger partial charge in [-0.25, -0.2) is 4.79 Å². The molecule has 138 valence electrons. The van der Waals surface area contributed by atoms with Gasteiger partial charge in [0.25, 0.3) is 0 Å². The predicted octanol–water partition coefficient (Wildman–Crippen LogP) is 3.79. The van der Waals surface area contributed by atoms with Crippen molar-refractivity contribution in [2.45, 2.75) is 25.5 Å². The van der Waals surface area contributed by atoms with Crippen LogP contribution in [0.5, 0.6) is 5.75 Å². The van der Waals surface area contributed by atoms with E-state index < -0.39 is 0 Å². The Labute approximate surface area is 157 Å². The van der Waals surface area contributed by atoms with Gasteiger partial charge in [-0.05, 0) is 36.1 Å². The van der Waals surface area contributed by atoms with E-state index in [1.807, 2.05) is 42.5 Å². The monoisotopic (exact) mass is 363 g/mol. The molecule has 0 N–H and O–H groups in total. The standard InChI is InChI=1S/C22H21NO4/c24-21-11-18(15-5-2-1-3-6-15)17-8-9-20-19(22(17)27-21)13-23(14-26-20)12-16-7-4-10-25-16/h1-3,5-6,8-9,11,16H,4,7,10,12-14H2. The molecule has 1 fully saturated rings. The lowest BCUT2D eigenvalue weighted by Gasteiger charge is -2.30. The zero-order valence-electron chi connectivity index (χ0n) is 15.0. The van der Waals surface area contributed by atoms with E-state index in [2.05, 4.69) is 4.90 Å². The van der Waals surface area contributed by atoms with Gasteiger partial charge in [0.2, 0.25) is 0 Å². The average molecular weight is 363 g/mol. The molecule has 0 radical (unpaired) electrons. The topological polar surface area (TPSA) is 51.9 Å². The van der Waals surface area contributed by atoms with Crippen molar-refractivity contribution in [2.75, 3.05) is 19.9 Å². The lowest BCUT2D eigenvalue weighted by molar-refractivity contribution is 0.0281. The number of rotatable bonds is 3. The molecule has 1 atom stereocenters. The lowest BCUT2D eigenvalue weighted by atomic mass is 9.99. The van der Waals surface area contributed by atoms with Crippen LogP contribution in [0.25, 0.3) is 22.1 Å². The van der Waals surface area contributed by atoms with E-state index in [1.54, 1.807) is 6.07 Å². The van der Waals surface area contributed by atoms with Gasteiger partial charge in [0, 0.05) is 31.1 Å². The summed E-state index contributed by atoms with van der Waals surface area (Å²) < 4.78 is 17.4. The summed E-state index contributed by atoms with van der Waals surface area (Å²) in [5.41, 5.74) is 3.11. The number of hydrogen-bond acceptors (Lipinski definition) is 5. The Kier molecular flexibility index (Phi) is 4.19. The van der Waals surface area contributed by atoms with Crippen molar-refractivity contribution in [3.8, 4) is 16.9 Å². The Bertz CT molecular complexity index is 1020. The maximum atomic E-state index is 12.3. The molecule has 5 nitrogen and oxygen atoms in total. The Balaban J connectivity index is 1.57. The smallest absolute Gasteiger partial charge is 0.336 e. The fourth-order valence-corrected chi connectivity index (χ4v) is 4.03. The summed E-state index contributed by atoms with van der Waals surface area (Å²) in [6, 6.07) is 15.5. The minimum absolute atomic E-state index is 0.261. The molecule has 1 unspecified atom stereocenters. The van der Waals surface area contributed by atoms with Gasteiger partial charge in [-0.2, -0.15) is 0 Å². The van der Waals surface area contributed by atoms with Gasteiger partial charge in [0.15, 0.2) is 0 Å². The predicted molar refractivity (Wildman–Crippen MR) is 103 cm³/mol. The highest BCUT2D eigenvalue weighted by atomic mass is 16.5. The summed E-state index contributed by atoms with van der Waals surface area (Å²) >= 11 is 0. The quantitative estimate of drug-likeness (QED) is 0.663. The number of benzene rings is 2. The Morgan fingerprint density at radius 1 is 1.11 bits per heavy atom. The summed E-state index contributed by atoms with van der Waals surface area (Å²) in [6.45, 7) is 2.89. The van der Waals surface area contributed by atoms with E-state index in [4.69, 9.17) is 13.9 Å². The fraction of sp³-hybridized carbons (Fsp3) is 0.318. The van der Waals surface area contributed by atoms with Gasteiger partial charge in [0.1, 0.15) is 18.1 Å². The van der Waals surface area contributed by atoms with Crippen LogP contribution in [0.4, 0.5) is 0 Å². The molecule has 1 aromatic heterocycles. The highest BCUT2D eigenvalue weighted by Crippen LogP contribution is 2.36. The van der Waals surface area contributed by atoms with Crippen LogP contribution >= 0.6 is 0 Å². The first-order chi connectivity index (χ1) is 13.3. The first kappa shape index (κ1) is 16.5. The molecule has 2 aromatic carbocycles. The molecule has 2 aliphatic rings. The van der Waals surface area contributed by atoms with Crippen molar-refractivity contribution in [3.05, 3.63) is 64.5 Å². The fourth-order valence-electron chi connectivity index (χ4n) is 4.03. The molecular weight excluding hydrogens is 342 g/mol. The second kappa shape index (κ2) is 6.83. The van der Waals surface area contributed by atoms with Crippen molar-refractivity contribution in [3.63, 3.8) is 0 Å². The molecule has 0 saturated carbocycles. The van der Waals surface area contributed by atoms with Gasteiger partial charge >= 0.3 is 5.63 Å². The van der Waals surface area contributed by atoms with Crippen molar-refractivity contribution >= 4 is 11.0 Å².